The van der Waals surface area contributed by atoms with Crippen LogP contribution in [0.5, 0.6) is 0 Å². The van der Waals surface area contributed by atoms with Gasteiger partial charge in [0, 0.05) is 41.0 Å². The Morgan fingerprint density at radius 2 is 1.40 bits per heavy atom. The first-order chi connectivity index (χ1) is 27.5. The molecule has 0 fully saturated rings. The number of rotatable bonds is 23. The van der Waals surface area contributed by atoms with Crippen molar-refractivity contribution in [3.63, 3.8) is 0 Å². The Hall–Kier alpha value is -4.99. The predicted molar refractivity (Wildman–Crippen MR) is 216 cm³/mol. The number of nitrogens with zero attached hydrogens (tertiary/aromatic N) is 4. The molecule has 0 aliphatic rings. The molecule has 4 heterocycles. The van der Waals surface area contributed by atoms with Crippen molar-refractivity contribution in [2.75, 3.05) is 71.4 Å². The lowest BCUT2D eigenvalue weighted by atomic mass is 10.0. The fraction of sp³-hybridized carbons (Fsp3) is 0.465. The van der Waals surface area contributed by atoms with Gasteiger partial charge in [-0.25, -0.2) is 0 Å². The number of benzene rings is 1. The molecule has 57 heavy (non-hydrogen) atoms. The maximum absolute atomic E-state index is 12.6. The molecule has 0 radical (unpaired) electrons. The Bertz CT molecular complexity index is 1990. The number of hydrogen-bond donors (Lipinski definition) is 1. The average molecular weight is 786 g/mol. The first-order valence-corrected chi connectivity index (χ1v) is 19.4. The van der Waals surface area contributed by atoms with Crippen molar-refractivity contribution >= 4 is 28.6 Å². The fourth-order valence-electron chi connectivity index (χ4n) is 6.11. The number of aryl methyl sites for hydroxylation is 2. The Morgan fingerprint density at radius 1 is 0.789 bits per heavy atom. The number of hydrogen-bond acceptors (Lipinski definition) is 12. The van der Waals surface area contributed by atoms with E-state index in [1.807, 2.05) is 83.3 Å². The molecule has 0 aliphatic carbocycles. The summed E-state index contributed by atoms with van der Waals surface area (Å²) in [5, 5.41) is 7.10. The van der Waals surface area contributed by atoms with E-state index in [1.54, 1.807) is 6.20 Å². The minimum absolute atomic E-state index is 0.0506. The highest BCUT2D eigenvalue weighted by Gasteiger charge is 2.21. The zero-order valence-electron chi connectivity index (χ0n) is 33.9. The van der Waals surface area contributed by atoms with Gasteiger partial charge < -0.3 is 42.8 Å². The third-order valence-corrected chi connectivity index (χ3v) is 8.84. The number of aromatic nitrogens is 4. The first-order valence-electron chi connectivity index (χ1n) is 19.4. The fourth-order valence-corrected chi connectivity index (χ4v) is 6.11. The van der Waals surface area contributed by atoms with E-state index in [4.69, 9.17) is 37.9 Å². The van der Waals surface area contributed by atoms with Crippen LogP contribution in [0.3, 0.4) is 0 Å². The highest BCUT2D eigenvalue weighted by atomic mass is 16.6. The van der Waals surface area contributed by atoms with E-state index in [-0.39, 0.29) is 37.4 Å². The van der Waals surface area contributed by atoms with E-state index in [2.05, 4.69) is 39.2 Å². The molecular weight excluding hydrogens is 730 g/mol. The molecule has 14 nitrogen and oxygen atoms in total. The van der Waals surface area contributed by atoms with Crippen LogP contribution in [0.25, 0.3) is 33.3 Å². The second-order valence-corrected chi connectivity index (χ2v) is 14.4. The Morgan fingerprint density at radius 3 is 1.96 bits per heavy atom. The molecule has 5 aromatic rings. The van der Waals surface area contributed by atoms with Crippen LogP contribution in [0.15, 0.2) is 71.6 Å². The molecule has 0 aliphatic heterocycles. The molecule has 5 rings (SSSR count). The lowest BCUT2D eigenvalue weighted by molar-refractivity contribution is -0.156. The number of carbonyl (C=O) groups excluding carboxylic acids is 2. The number of carbonyl (C=O) groups is 2. The van der Waals surface area contributed by atoms with Crippen molar-refractivity contribution in [2.24, 2.45) is 0 Å². The number of nitrogens with one attached hydrogen (secondary N) is 1. The van der Waals surface area contributed by atoms with Crippen molar-refractivity contribution in [1.82, 2.24) is 19.7 Å². The van der Waals surface area contributed by atoms with Gasteiger partial charge in [-0.1, -0.05) is 23.4 Å². The van der Waals surface area contributed by atoms with E-state index >= 15 is 0 Å². The highest BCUT2D eigenvalue weighted by Crippen LogP contribution is 2.36. The largest absolute Gasteiger partial charge is 0.460 e. The summed E-state index contributed by atoms with van der Waals surface area (Å²) in [6.45, 7) is 15.4. The van der Waals surface area contributed by atoms with E-state index in [0.717, 1.165) is 50.4 Å². The van der Waals surface area contributed by atoms with Crippen LogP contribution in [0, 0.1) is 13.8 Å². The molecule has 0 spiro atoms. The van der Waals surface area contributed by atoms with Gasteiger partial charge in [0.2, 0.25) is 5.91 Å². The summed E-state index contributed by atoms with van der Waals surface area (Å²) in [5.41, 5.74) is 7.60. The van der Waals surface area contributed by atoms with E-state index < -0.39 is 5.60 Å². The number of amides is 1. The summed E-state index contributed by atoms with van der Waals surface area (Å²) < 4.78 is 40.4. The van der Waals surface area contributed by atoms with Crippen LogP contribution in [0.2, 0.25) is 0 Å². The number of anilines is 1. The number of pyridine rings is 2. The average Bonchev–Trinajstić information content (AvgIpc) is 3.73. The standard InChI is InChI=1S/C43H55N5O9/c1-30-41(32(3)57-47-30)34-27-38-42(45-28-34)36(29-48(38)31(2)37-9-7-8-16-44-37)33-10-12-35(13-11-33)46-39(49)14-17-51-19-21-53-23-25-55-26-24-54-22-20-52-18-15-40(50)56-43(4,5)6/h7-13,16,27-29,31H,14-15,17-26H2,1-6H3,(H,46,49)/t31-/m0/s1. The lowest BCUT2D eigenvalue weighted by Crippen LogP contribution is -2.24. The summed E-state index contributed by atoms with van der Waals surface area (Å²) in [7, 11) is 0. The minimum Gasteiger partial charge on any atom is -0.460 e. The van der Waals surface area contributed by atoms with Crippen molar-refractivity contribution < 1.29 is 42.5 Å². The van der Waals surface area contributed by atoms with Crippen LogP contribution < -0.4 is 5.32 Å². The Kier molecular flexibility index (Phi) is 16.3. The number of ether oxygens (including phenoxy) is 6. The van der Waals surface area contributed by atoms with Crippen LogP contribution >= 0.6 is 0 Å². The van der Waals surface area contributed by atoms with Gasteiger partial charge in [-0.05, 0) is 77.4 Å². The summed E-state index contributed by atoms with van der Waals surface area (Å²) in [4.78, 5) is 33.8. The molecular formula is C43H55N5O9. The van der Waals surface area contributed by atoms with Gasteiger partial charge >= 0.3 is 5.97 Å². The third-order valence-electron chi connectivity index (χ3n) is 8.84. The highest BCUT2D eigenvalue weighted by molar-refractivity contribution is 5.96. The van der Waals surface area contributed by atoms with Gasteiger partial charge in [-0.15, -0.1) is 0 Å². The maximum Gasteiger partial charge on any atom is 0.308 e. The quantitative estimate of drug-likeness (QED) is 0.0529. The monoisotopic (exact) mass is 785 g/mol. The molecule has 1 atom stereocenters. The molecule has 0 unspecified atom stereocenters. The van der Waals surface area contributed by atoms with Gasteiger partial charge in [0.15, 0.2) is 0 Å². The summed E-state index contributed by atoms with van der Waals surface area (Å²) in [6, 6.07) is 15.8. The van der Waals surface area contributed by atoms with Crippen LogP contribution in [-0.2, 0) is 38.0 Å². The molecule has 1 N–H and O–H groups in total. The molecule has 0 saturated heterocycles. The van der Waals surface area contributed by atoms with Crippen LogP contribution in [0.1, 0.15) is 63.7 Å². The van der Waals surface area contributed by atoms with Crippen molar-refractivity contribution in [2.45, 2.75) is 66.0 Å². The summed E-state index contributed by atoms with van der Waals surface area (Å²) in [6.07, 6.45) is 6.22. The van der Waals surface area contributed by atoms with Crippen molar-refractivity contribution in [3.05, 3.63) is 84.3 Å². The Balaban J connectivity index is 0.984. The van der Waals surface area contributed by atoms with Gasteiger partial charge in [-0.2, -0.15) is 0 Å². The second-order valence-electron chi connectivity index (χ2n) is 14.4. The van der Waals surface area contributed by atoms with Gasteiger partial charge in [0.1, 0.15) is 11.4 Å². The zero-order valence-corrected chi connectivity index (χ0v) is 33.9. The molecule has 306 valence electrons. The maximum atomic E-state index is 12.6. The summed E-state index contributed by atoms with van der Waals surface area (Å²) >= 11 is 0. The van der Waals surface area contributed by atoms with E-state index in [0.29, 0.717) is 65.1 Å². The smallest absolute Gasteiger partial charge is 0.308 e. The topological polar surface area (TPSA) is 158 Å². The Labute approximate surface area is 334 Å². The zero-order chi connectivity index (χ0) is 40.6. The van der Waals surface area contributed by atoms with Crippen molar-refractivity contribution in [1.29, 1.82) is 0 Å². The van der Waals surface area contributed by atoms with E-state index in [1.165, 1.54) is 0 Å². The molecule has 0 saturated carbocycles. The van der Waals surface area contributed by atoms with E-state index in [9.17, 15) is 9.59 Å². The predicted octanol–water partition coefficient (Wildman–Crippen LogP) is 7.12. The molecule has 0 bridgehead atoms. The van der Waals surface area contributed by atoms with Gasteiger partial charge in [-0.3, -0.25) is 19.6 Å². The second kappa shape index (κ2) is 21.5. The lowest BCUT2D eigenvalue weighted by Gasteiger charge is -2.19. The third kappa shape index (κ3) is 13.3. The molecule has 4 aromatic heterocycles. The SMILES string of the molecule is Cc1noc(C)c1-c1cnc2c(-c3ccc(NC(=O)CCOCCOCCOCCOCCOCCC(=O)OC(C)(C)C)cc3)cn([C@@H](C)c3ccccn3)c2c1. The molecule has 14 heteroatoms. The molecule has 1 aromatic carbocycles. The molecule has 1 amide bonds. The van der Waals surface area contributed by atoms with Crippen LogP contribution in [0.4, 0.5) is 5.69 Å². The van der Waals surface area contributed by atoms with Gasteiger partial charge in [0.05, 0.1) is 107 Å². The minimum atomic E-state index is -0.490. The number of esters is 1. The van der Waals surface area contributed by atoms with Crippen molar-refractivity contribution in [3.8, 4) is 22.3 Å². The van der Waals surface area contributed by atoms with Crippen LogP contribution in [-0.4, -0.2) is 103 Å². The number of fused-ring (bicyclic) bond motifs is 1. The summed E-state index contributed by atoms with van der Waals surface area (Å²) in [5.74, 6) is 0.330. The first kappa shape index (κ1) is 43.1. The van der Waals surface area contributed by atoms with Gasteiger partial charge in [0.25, 0.3) is 0 Å². The normalized spacial score (nSPS) is 12.2.